The second-order valence-electron chi connectivity index (χ2n) is 5.84. The molecule has 20 heavy (non-hydrogen) atoms. The summed E-state index contributed by atoms with van der Waals surface area (Å²) in [7, 11) is 0. The van der Waals surface area contributed by atoms with E-state index >= 15 is 0 Å². The van der Waals surface area contributed by atoms with E-state index in [1.165, 1.54) is 0 Å². The zero-order chi connectivity index (χ0) is 15.3. The molecule has 1 aromatic heterocycles. The molecule has 0 atom stereocenters. The van der Waals surface area contributed by atoms with E-state index in [9.17, 15) is 0 Å². The third-order valence-electron chi connectivity index (χ3n) is 3.43. The maximum atomic E-state index is 4.81. The molecule has 0 aliphatic heterocycles. The summed E-state index contributed by atoms with van der Waals surface area (Å²) in [6.07, 6.45) is 1.09. The third kappa shape index (κ3) is 3.84. The molecule has 0 saturated carbocycles. The molecular weight excluding hydrogens is 248 g/mol. The fraction of sp³-hybridized carbons (Fsp3) is 0.750. The molecule has 0 aliphatic rings. The highest BCUT2D eigenvalue weighted by molar-refractivity contribution is 5.59. The third-order valence-corrected chi connectivity index (χ3v) is 3.43. The second-order valence-corrected chi connectivity index (χ2v) is 5.84. The van der Waals surface area contributed by atoms with Crippen LogP contribution in [0.3, 0.4) is 0 Å². The van der Waals surface area contributed by atoms with Gasteiger partial charge in [0.05, 0.1) is 0 Å². The van der Waals surface area contributed by atoms with Crippen LogP contribution in [0, 0.1) is 6.92 Å². The molecule has 0 aromatic carbocycles. The Morgan fingerprint density at radius 3 is 2.20 bits per heavy atom. The van der Waals surface area contributed by atoms with Gasteiger partial charge in [-0.25, -0.2) is 9.97 Å². The van der Waals surface area contributed by atoms with Gasteiger partial charge in [-0.3, -0.25) is 0 Å². The van der Waals surface area contributed by atoms with Gasteiger partial charge in [0.1, 0.15) is 17.5 Å². The van der Waals surface area contributed by atoms with Crippen molar-refractivity contribution in [1.82, 2.24) is 9.97 Å². The van der Waals surface area contributed by atoms with Gasteiger partial charge in [0.25, 0.3) is 0 Å². The molecule has 4 nitrogen and oxygen atoms in total. The van der Waals surface area contributed by atoms with Crippen molar-refractivity contribution in [2.75, 3.05) is 23.3 Å². The zero-order valence-corrected chi connectivity index (χ0v) is 14.1. The van der Waals surface area contributed by atoms with Crippen molar-refractivity contribution < 1.29 is 0 Å². The lowest BCUT2D eigenvalue weighted by molar-refractivity contribution is 0.677. The van der Waals surface area contributed by atoms with Crippen molar-refractivity contribution in [2.45, 2.75) is 66.8 Å². The van der Waals surface area contributed by atoms with Gasteiger partial charge in [0.2, 0.25) is 0 Å². The maximum Gasteiger partial charge on any atom is 0.137 e. The molecule has 1 aromatic rings. The summed E-state index contributed by atoms with van der Waals surface area (Å²) in [5.41, 5.74) is 1.15. The largest absolute Gasteiger partial charge is 0.370 e. The first-order valence-corrected chi connectivity index (χ1v) is 7.81. The highest BCUT2D eigenvalue weighted by Gasteiger charge is 2.18. The highest BCUT2D eigenvalue weighted by Crippen LogP contribution is 2.27. The van der Waals surface area contributed by atoms with Crippen LogP contribution in [0.2, 0.25) is 0 Å². The smallest absolute Gasteiger partial charge is 0.137 e. The van der Waals surface area contributed by atoms with Crippen LogP contribution < -0.4 is 10.2 Å². The quantitative estimate of drug-likeness (QED) is 0.819. The SMILES string of the molecule is CCCNc1nc(C(C)C)nc(N(CC)C(C)C)c1C. The number of rotatable bonds is 7. The van der Waals surface area contributed by atoms with Gasteiger partial charge in [0.15, 0.2) is 0 Å². The number of aromatic nitrogens is 2. The molecule has 0 radical (unpaired) electrons. The molecule has 0 unspecified atom stereocenters. The van der Waals surface area contributed by atoms with Crippen LogP contribution in [-0.4, -0.2) is 29.1 Å². The molecule has 0 amide bonds. The summed E-state index contributed by atoms with van der Waals surface area (Å²) in [5, 5.41) is 3.44. The fourth-order valence-electron chi connectivity index (χ4n) is 2.23. The summed E-state index contributed by atoms with van der Waals surface area (Å²) < 4.78 is 0. The predicted octanol–water partition coefficient (Wildman–Crippen LogP) is 3.97. The first-order valence-electron chi connectivity index (χ1n) is 7.81. The van der Waals surface area contributed by atoms with Crippen molar-refractivity contribution in [1.29, 1.82) is 0 Å². The van der Waals surface area contributed by atoms with Crippen LogP contribution >= 0.6 is 0 Å². The van der Waals surface area contributed by atoms with E-state index in [1.54, 1.807) is 0 Å². The molecule has 0 bridgehead atoms. The predicted molar refractivity (Wildman–Crippen MR) is 87.8 cm³/mol. The first-order chi connectivity index (χ1) is 9.42. The summed E-state index contributed by atoms with van der Waals surface area (Å²) >= 11 is 0. The second kappa shape index (κ2) is 7.46. The maximum absolute atomic E-state index is 4.81. The topological polar surface area (TPSA) is 41.1 Å². The Labute approximate surface area is 124 Å². The van der Waals surface area contributed by atoms with Crippen LogP contribution in [0.15, 0.2) is 0 Å². The van der Waals surface area contributed by atoms with Crippen LogP contribution in [0.1, 0.15) is 65.3 Å². The van der Waals surface area contributed by atoms with Gasteiger partial charge in [0, 0.05) is 30.6 Å². The molecule has 1 heterocycles. The lowest BCUT2D eigenvalue weighted by atomic mass is 10.1. The summed E-state index contributed by atoms with van der Waals surface area (Å²) in [4.78, 5) is 11.8. The first kappa shape index (κ1) is 16.7. The van der Waals surface area contributed by atoms with E-state index in [4.69, 9.17) is 9.97 Å². The van der Waals surface area contributed by atoms with Crippen LogP contribution in [-0.2, 0) is 0 Å². The number of nitrogens with zero attached hydrogens (tertiary/aromatic N) is 3. The molecule has 0 saturated heterocycles. The summed E-state index contributed by atoms with van der Waals surface area (Å²) in [5.74, 6) is 3.31. The average molecular weight is 278 g/mol. The summed E-state index contributed by atoms with van der Waals surface area (Å²) in [6, 6.07) is 0.438. The highest BCUT2D eigenvalue weighted by atomic mass is 15.2. The molecule has 1 N–H and O–H groups in total. The van der Waals surface area contributed by atoms with Gasteiger partial charge in [-0.1, -0.05) is 20.8 Å². The fourth-order valence-corrected chi connectivity index (χ4v) is 2.23. The van der Waals surface area contributed by atoms with E-state index in [-0.39, 0.29) is 0 Å². The molecule has 1 rings (SSSR count). The Morgan fingerprint density at radius 2 is 1.75 bits per heavy atom. The van der Waals surface area contributed by atoms with Gasteiger partial charge < -0.3 is 10.2 Å². The van der Waals surface area contributed by atoms with Crippen molar-refractivity contribution in [2.24, 2.45) is 0 Å². The normalized spacial score (nSPS) is 11.2. The number of hydrogen-bond donors (Lipinski definition) is 1. The van der Waals surface area contributed by atoms with Gasteiger partial charge in [-0.2, -0.15) is 0 Å². The Balaban J connectivity index is 3.29. The average Bonchev–Trinajstić information content (AvgIpc) is 2.39. The standard InChI is InChI=1S/C16H30N4/c1-8-10-17-15-13(7)16(20(9-2)12(5)6)19-14(18-15)11(3)4/h11-12H,8-10H2,1-7H3,(H,17,18,19). The van der Waals surface area contributed by atoms with Gasteiger partial charge >= 0.3 is 0 Å². The van der Waals surface area contributed by atoms with Crippen LogP contribution in [0.5, 0.6) is 0 Å². The molecule has 4 heteroatoms. The van der Waals surface area contributed by atoms with E-state index in [0.29, 0.717) is 12.0 Å². The van der Waals surface area contributed by atoms with E-state index in [0.717, 1.165) is 42.5 Å². The lowest BCUT2D eigenvalue weighted by Crippen LogP contribution is -2.32. The van der Waals surface area contributed by atoms with E-state index in [2.05, 4.69) is 58.7 Å². The Kier molecular flexibility index (Phi) is 6.24. The minimum absolute atomic E-state index is 0.336. The molecule has 0 spiro atoms. The molecule has 114 valence electrons. The van der Waals surface area contributed by atoms with Crippen molar-refractivity contribution in [3.63, 3.8) is 0 Å². The Bertz CT molecular complexity index is 427. The van der Waals surface area contributed by atoms with Crippen molar-refractivity contribution in [3.05, 3.63) is 11.4 Å². The molecular formula is C16H30N4. The molecule has 0 aliphatic carbocycles. The van der Waals surface area contributed by atoms with E-state index in [1.807, 2.05) is 0 Å². The minimum atomic E-state index is 0.336. The monoisotopic (exact) mass is 278 g/mol. The Morgan fingerprint density at radius 1 is 1.10 bits per heavy atom. The van der Waals surface area contributed by atoms with Crippen molar-refractivity contribution in [3.8, 4) is 0 Å². The van der Waals surface area contributed by atoms with Gasteiger partial charge in [-0.05, 0) is 34.1 Å². The number of nitrogens with one attached hydrogen (secondary N) is 1. The van der Waals surface area contributed by atoms with Crippen LogP contribution in [0.4, 0.5) is 11.6 Å². The number of anilines is 2. The summed E-state index contributed by atoms with van der Waals surface area (Å²) in [6.45, 7) is 17.1. The van der Waals surface area contributed by atoms with Crippen molar-refractivity contribution >= 4 is 11.6 Å². The lowest BCUT2D eigenvalue weighted by Gasteiger charge is -2.29. The minimum Gasteiger partial charge on any atom is -0.370 e. The van der Waals surface area contributed by atoms with Gasteiger partial charge in [-0.15, -0.1) is 0 Å². The zero-order valence-electron chi connectivity index (χ0n) is 14.1. The number of hydrogen-bond acceptors (Lipinski definition) is 4. The molecule has 0 fully saturated rings. The Hall–Kier alpha value is -1.32. The van der Waals surface area contributed by atoms with E-state index < -0.39 is 0 Å². The van der Waals surface area contributed by atoms with Crippen LogP contribution in [0.25, 0.3) is 0 Å².